The van der Waals surface area contributed by atoms with Gasteiger partial charge in [-0.05, 0) is 44.7 Å². The number of hydrogen-bond acceptors (Lipinski definition) is 5. The smallest absolute Gasteiger partial charge is 0.317 e. The third-order valence-corrected chi connectivity index (χ3v) is 5.69. The quantitative estimate of drug-likeness (QED) is 0.699. The molecule has 5 nitrogen and oxygen atoms in total. The average molecular weight is 359 g/mol. The maximum atomic E-state index is 12.9. The van der Waals surface area contributed by atoms with Gasteiger partial charge < -0.3 is 14.4 Å². The van der Waals surface area contributed by atoms with Crippen LogP contribution in [0.25, 0.3) is 0 Å². The molecule has 0 amide bonds. The number of fused-ring (bicyclic) bond motifs is 2. The van der Waals surface area contributed by atoms with Crippen LogP contribution in [0.5, 0.6) is 0 Å². The van der Waals surface area contributed by atoms with Crippen LogP contribution in [0.1, 0.15) is 56.9 Å². The van der Waals surface area contributed by atoms with E-state index < -0.39 is 5.92 Å². The Bertz CT molecular complexity index is 604. The van der Waals surface area contributed by atoms with Crippen molar-refractivity contribution in [3.63, 3.8) is 0 Å². The summed E-state index contributed by atoms with van der Waals surface area (Å²) >= 11 is 0. The van der Waals surface area contributed by atoms with Crippen LogP contribution in [-0.2, 0) is 19.1 Å². The Morgan fingerprint density at radius 3 is 2.42 bits per heavy atom. The minimum absolute atomic E-state index is 0.0336. The molecule has 2 bridgehead atoms. The summed E-state index contributed by atoms with van der Waals surface area (Å²) in [7, 11) is 2.17. The summed E-state index contributed by atoms with van der Waals surface area (Å²) in [5.74, 6) is -1.11. The average Bonchev–Trinajstić information content (AvgIpc) is 2.83. The van der Waals surface area contributed by atoms with Crippen LogP contribution in [-0.4, -0.2) is 48.7 Å². The lowest BCUT2D eigenvalue weighted by Crippen LogP contribution is -2.44. The number of hydrogen-bond donors (Lipinski definition) is 0. The first kappa shape index (κ1) is 18.9. The van der Waals surface area contributed by atoms with Gasteiger partial charge in [0.25, 0.3) is 0 Å². The second-order valence-corrected chi connectivity index (χ2v) is 7.48. The highest BCUT2D eigenvalue weighted by Crippen LogP contribution is 2.36. The zero-order valence-electron chi connectivity index (χ0n) is 15.7. The molecule has 0 radical (unpaired) electrons. The molecule has 4 atom stereocenters. The highest BCUT2D eigenvalue weighted by atomic mass is 16.6. The van der Waals surface area contributed by atoms with Crippen molar-refractivity contribution < 1.29 is 19.1 Å². The molecular weight excluding hydrogens is 330 g/mol. The van der Waals surface area contributed by atoms with Crippen LogP contribution in [0.4, 0.5) is 0 Å². The van der Waals surface area contributed by atoms with Crippen LogP contribution in [0.2, 0.25) is 0 Å². The van der Waals surface area contributed by atoms with Crippen molar-refractivity contribution in [2.24, 2.45) is 0 Å². The van der Waals surface area contributed by atoms with Crippen LogP contribution >= 0.6 is 0 Å². The minimum Gasteiger partial charge on any atom is -0.464 e. The molecule has 2 aliphatic heterocycles. The van der Waals surface area contributed by atoms with Crippen LogP contribution in [0.3, 0.4) is 0 Å². The van der Waals surface area contributed by atoms with Crippen LogP contribution in [0, 0.1) is 0 Å². The summed E-state index contributed by atoms with van der Waals surface area (Å²) in [6.45, 7) is 1.97. The van der Waals surface area contributed by atoms with Crippen molar-refractivity contribution in [2.75, 3.05) is 13.7 Å². The number of benzene rings is 1. The Labute approximate surface area is 155 Å². The standard InChI is InChI=1S/C21H29NO4/c1-3-7-20(23)25-14-19(15-8-5-4-6-9-15)21(24)26-18-12-16-10-11-17(13-18)22(16)2/h4-6,8-9,16-19H,3,7,10-14H2,1-2H3/t16-,17+,18+,19?. The Balaban J connectivity index is 1.64. The molecule has 0 saturated carbocycles. The molecule has 26 heavy (non-hydrogen) atoms. The van der Waals surface area contributed by atoms with Crippen molar-refractivity contribution in [3.05, 3.63) is 35.9 Å². The van der Waals surface area contributed by atoms with E-state index in [2.05, 4.69) is 11.9 Å². The maximum absolute atomic E-state index is 12.9. The molecule has 2 fully saturated rings. The highest BCUT2D eigenvalue weighted by Gasteiger charge is 2.40. The van der Waals surface area contributed by atoms with E-state index in [1.807, 2.05) is 37.3 Å². The third-order valence-electron chi connectivity index (χ3n) is 5.69. The van der Waals surface area contributed by atoms with Crippen LogP contribution in [0.15, 0.2) is 30.3 Å². The molecule has 3 rings (SSSR count). The molecule has 0 spiro atoms. The third kappa shape index (κ3) is 4.44. The van der Waals surface area contributed by atoms with Crippen molar-refractivity contribution >= 4 is 11.9 Å². The van der Waals surface area contributed by atoms with Gasteiger partial charge in [0.15, 0.2) is 0 Å². The zero-order chi connectivity index (χ0) is 18.5. The van der Waals surface area contributed by atoms with Gasteiger partial charge in [0, 0.05) is 18.5 Å². The number of carbonyl (C=O) groups excluding carboxylic acids is 2. The van der Waals surface area contributed by atoms with Gasteiger partial charge in [-0.25, -0.2) is 0 Å². The van der Waals surface area contributed by atoms with E-state index >= 15 is 0 Å². The first-order valence-electron chi connectivity index (χ1n) is 9.71. The van der Waals surface area contributed by atoms with E-state index in [0.29, 0.717) is 18.5 Å². The molecule has 0 N–H and O–H groups in total. The number of esters is 2. The lowest BCUT2D eigenvalue weighted by Gasteiger charge is -2.36. The molecule has 0 aromatic heterocycles. The molecule has 2 aliphatic rings. The molecule has 1 unspecified atom stereocenters. The van der Waals surface area contributed by atoms with Crippen molar-refractivity contribution in [2.45, 2.75) is 69.6 Å². The van der Waals surface area contributed by atoms with Crippen molar-refractivity contribution in [1.82, 2.24) is 4.90 Å². The molecule has 142 valence electrons. The van der Waals surface area contributed by atoms with E-state index in [1.54, 1.807) is 0 Å². The van der Waals surface area contributed by atoms with Gasteiger partial charge in [0.05, 0.1) is 0 Å². The van der Waals surface area contributed by atoms with Gasteiger partial charge in [-0.1, -0.05) is 37.3 Å². The fraction of sp³-hybridized carbons (Fsp3) is 0.619. The van der Waals surface area contributed by atoms with Gasteiger partial charge >= 0.3 is 11.9 Å². The van der Waals surface area contributed by atoms with E-state index in [1.165, 1.54) is 12.8 Å². The first-order chi connectivity index (χ1) is 12.6. The highest BCUT2D eigenvalue weighted by molar-refractivity contribution is 5.79. The molecule has 2 saturated heterocycles. The number of ether oxygens (including phenoxy) is 2. The lowest BCUT2D eigenvalue weighted by atomic mass is 9.98. The molecular formula is C21H29NO4. The SMILES string of the molecule is CCCC(=O)OCC(C(=O)O[C@H]1C[C@H]2CC[C@@H](C1)N2C)c1ccccc1. The summed E-state index contributed by atoms with van der Waals surface area (Å²) in [6.07, 6.45) is 5.24. The largest absolute Gasteiger partial charge is 0.464 e. The predicted molar refractivity (Wildman–Crippen MR) is 98.7 cm³/mol. The van der Waals surface area contributed by atoms with E-state index in [0.717, 1.165) is 24.8 Å². The first-order valence-corrected chi connectivity index (χ1v) is 9.71. The molecule has 1 aromatic rings. The van der Waals surface area contributed by atoms with E-state index in [-0.39, 0.29) is 24.6 Å². The van der Waals surface area contributed by atoms with Gasteiger partial charge in [0.1, 0.15) is 18.6 Å². The Morgan fingerprint density at radius 2 is 1.81 bits per heavy atom. The Hall–Kier alpha value is -1.88. The molecule has 0 aliphatic carbocycles. The number of carbonyl (C=O) groups is 2. The van der Waals surface area contributed by atoms with Gasteiger partial charge in [0.2, 0.25) is 0 Å². The fourth-order valence-electron chi connectivity index (χ4n) is 4.14. The number of nitrogens with zero attached hydrogens (tertiary/aromatic N) is 1. The summed E-state index contributed by atoms with van der Waals surface area (Å²) in [6, 6.07) is 10.5. The zero-order valence-corrected chi connectivity index (χ0v) is 15.7. The molecule has 1 aromatic carbocycles. The second-order valence-electron chi connectivity index (χ2n) is 7.48. The minimum atomic E-state index is -0.561. The molecule has 2 heterocycles. The fourth-order valence-corrected chi connectivity index (χ4v) is 4.14. The monoisotopic (exact) mass is 359 g/mol. The summed E-state index contributed by atoms with van der Waals surface area (Å²) < 4.78 is 11.2. The summed E-state index contributed by atoms with van der Waals surface area (Å²) in [5.41, 5.74) is 0.831. The summed E-state index contributed by atoms with van der Waals surface area (Å²) in [4.78, 5) is 27.0. The van der Waals surface area contributed by atoms with Gasteiger partial charge in [-0.2, -0.15) is 0 Å². The van der Waals surface area contributed by atoms with Crippen molar-refractivity contribution in [3.8, 4) is 0 Å². The maximum Gasteiger partial charge on any atom is 0.317 e. The Kier molecular flexibility index (Phi) is 6.30. The van der Waals surface area contributed by atoms with Crippen molar-refractivity contribution in [1.29, 1.82) is 0 Å². The van der Waals surface area contributed by atoms with Gasteiger partial charge in [-0.15, -0.1) is 0 Å². The normalized spacial score (nSPS) is 26.3. The predicted octanol–water partition coefficient (Wildman–Crippen LogP) is 3.28. The lowest BCUT2D eigenvalue weighted by molar-refractivity contribution is -0.157. The van der Waals surface area contributed by atoms with Crippen LogP contribution < -0.4 is 0 Å². The molecule has 5 heteroatoms. The number of rotatable bonds is 7. The summed E-state index contributed by atoms with van der Waals surface area (Å²) in [5, 5.41) is 0. The number of piperidine rings is 1. The Morgan fingerprint density at radius 1 is 1.15 bits per heavy atom. The van der Waals surface area contributed by atoms with E-state index in [4.69, 9.17) is 9.47 Å². The second kappa shape index (κ2) is 8.67. The topological polar surface area (TPSA) is 55.8 Å². The van der Waals surface area contributed by atoms with Gasteiger partial charge in [-0.3, -0.25) is 9.59 Å². The van der Waals surface area contributed by atoms with E-state index in [9.17, 15) is 9.59 Å².